The number of amides is 1. The van der Waals surface area contributed by atoms with Gasteiger partial charge in [-0.25, -0.2) is 0 Å². The molecule has 0 saturated carbocycles. The van der Waals surface area contributed by atoms with Crippen LogP contribution in [-0.2, 0) is 11.3 Å². The number of piperidine rings is 1. The highest BCUT2D eigenvalue weighted by Crippen LogP contribution is 2.17. The van der Waals surface area contributed by atoms with Gasteiger partial charge in [0.2, 0.25) is 0 Å². The molecule has 0 radical (unpaired) electrons. The second-order valence-electron chi connectivity index (χ2n) is 6.45. The van der Waals surface area contributed by atoms with Gasteiger partial charge in [-0.3, -0.25) is 4.79 Å². The fraction of sp³-hybridized carbons (Fsp3) is 0.450. The fourth-order valence-electron chi connectivity index (χ4n) is 3.11. The van der Waals surface area contributed by atoms with Crippen LogP contribution in [-0.4, -0.2) is 50.3 Å². The number of nitrogens with zero attached hydrogens (tertiary/aromatic N) is 1. The van der Waals surface area contributed by atoms with E-state index in [9.17, 15) is 4.79 Å². The van der Waals surface area contributed by atoms with E-state index in [2.05, 4.69) is 17.4 Å². The number of rotatable bonds is 8. The van der Waals surface area contributed by atoms with Crippen molar-refractivity contribution < 1.29 is 18.7 Å². The van der Waals surface area contributed by atoms with Crippen molar-refractivity contribution in [1.29, 1.82) is 0 Å². The lowest BCUT2D eigenvalue weighted by Gasteiger charge is -2.32. The summed E-state index contributed by atoms with van der Waals surface area (Å²) in [5, 5.41) is 3.59. The summed E-state index contributed by atoms with van der Waals surface area (Å²) in [6.45, 7) is 3.46. The van der Waals surface area contributed by atoms with Crippen LogP contribution in [0.4, 0.5) is 0 Å². The first kappa shape index (κ1) is 18.5. The Balaban J connectivity index is 1.42. The Hall–Kier alpha value is -2.31. The maximum Gasteiger partial charge on any atom is 0.257 e. The predicted molar refractivity (Wildman–Crippen MR) is 98.3 cm³/mol. The number of methoxy groups -OCH3 is 1. The second kappa shape index (κ2) is 9.40. The molecule has 1 aromatic carbocycles. The number of carbonyl (C=O) groups is 1. The molecule has 1 saturated heterocycles. The van der Waals surface area contributed by atoms with Gasteiger partial charge in [0.15, 0.2) is 0 Å². The summed E-state index contributed by atoms with van der Waals surface area (Å²) >= 11 is 0. The molecule has 1 aliphatic heterocycles. The van der Waals surface area contributed by atoms with Gasteiger partial charge in [0.1, 0.15) is 18.6 Å². The quantitative estimate of drug-likeness (QED) is 0.735. The molecule has 0 atom stereocenters. The maximum absolute atomic E-state index is 12.3. The third-order valence-corrected chi connectivity index (χ3v) is 4.60. The minimum absolute atomic E-state index is 0.0538. The SMILES string of the molecule is COCCOc1cccc(CNC2CCN(C(=O)c3ccoc3)CC2)c1. The number of benzene rings is 1. The largest absolute Gasteiger partial charge is 0.491 e. The lowest BCUT2D eigenvalue weighted by atomic mass is 10.0. The fourth-order valence-corrected chi connectivity index (χ4v) is 3.11. The Labute approximate surface area is 154 Å². The van der Waals surface area contributed by atoms with Gasteiger partial charge in [-0.1, -0.05) is 12.1 Å². The van der Waals surface area contributed by atoms with Crippen molar-refractivity contribution in [2.24, 2.45) is 0 Å². The summed E-state index contributed by atoms with van der Waals surface area (Å²) in [4.78, 5) is 14.2. The first-order valence-corrected chi connectivity index (χ1v) is 9.02. The van der Waals surface area contributed by atoms with Crippen molar-refractivity contribution in [1.82, 2.24) is 10.2 Å². The van der Waals surface area contributed by atoms with E-state index in [4.69, 9.17) is 13.9 Å². The van der Waals surface area contributed by atoms with Crippen molar-refractivity contribution in [3.8, 4) is 5.75 Å². The molecule has 1 aromatic heterocycles. The van der Waals surface area contributed by atoms with Crippen molar-refractivity contribution >= 4 is 5.91 Å². The van der Waals surface area contributed by atoms with Crippen LogP contribution in [0.2, 0.25) is 0 Å². The summed E-state index contributed by atoms with van der Waals surface area (Å²) in [5.74, 6) is 0.917. The Morgan fingerprint density at radius 2 is 2.12 bits per heavy atom. The lowest BCUT2D eigenvalue weighted by molar-refractivity contribution is 0.0704. The Bertz CT molecular complexity index is 679. The average Bonchev–Trinajstić information content (AvgIpc) is 3.22. The zero-order chi connectivity index (χ0) is 18.2. The molecule has 6 nitrogen and oxygen atoms in total. The van der Waals surface area contributed by atoms with Gasteiger partial charge in [0.05, 0.1) is 18.4 Å². The highest BCUT2D eigenvalue weighted by Gasteiger charge is 2.23. The van der Waals surface area contributed by atoms with Gasteiger partial charge in [-0.05, 0) is 36.6 Å². The Morgan fingerprint density at radius 1 is 1.27 bits per heavy atom. The van der Waals surface area contributed by atoms with E-state index in [0.29, 0.717) is 24.8 Å². The van der Waals surface area contributed by atoms with Crippen molar-refractivity contribution in [3.63, 3.8) is 0 Å². The van der Waals surface area contributed by atoms with Crippen LogP contribution in [0.1, 0.15) is 28.8 Å². The molecule has 6 heteroatoms. The van der Waals surface area contributed by atoms with Crippen LogP contribution in [0.3, 0.4) is 0 Å². The van der Waals surface area contributed by atoms with Gasteiger partial charge < -0.3 is 24.1 Å². The molecule has 1 amide bonds. The summed E-state index contributed by atoms with van der Waals surface area (Å²) in [6, 6.07) is 10.2. The zero-order valence-corrected chi connectivity index (χ0v) is 15.1. The summed E-state index contributed by atoms with van der Waals surface area (Å²) in [5.41, 5.74) is 1.82. The molecule has 1 N–H and O–H groups in total. The predicted octanol–water partition coefficient (Wildman–Crippen LogP) is 2.70. The molecule has 140 valence electrons. The number of hydrogen-bond donors (Lipinski definition) is 1. The van der Waals surface area contributed by atoms with Crippen molar-refractivity contribution in [3.05, 3.63) is 54.0 Å². The van der Waals surface area contributed by atoms with Gasteiger partial charge in [0.25, 0.3) is 5.91 Å². The second-order valence-corrected chi connectivity index (χ2v) is 6.45. The van der Waals surface area contributed by atoms with Gasteiger partial charge in [-0.15, -0.1) is 0 Å². The molecular weight excluding hydrogens is 332 g/mol. The molecular formula is C20H26N2O4. The van der Waals surface area contributed by atoms with Crippen LogP contribution in [0.25, 0.3) is 0 Å². The molecule has 0 unspecified atom stereocenters. The number of ether oxygens (including phenoxy) is 2. The Kier molecular flexibility index (Phi) is 6.68. The lowest BCUT2D eigenvalue weighted by Crippen LogP contribution is -2.44. The van der Waals surface area contributed by atoms with E-state index in [0.717, 1.165) is 38.2 Å². The monoisotopic (exact) mass is 358 g/mol. The smallest absolute Gasteiger partial charge is 0.257 e. The Morgan fingerprint density at radius 3 is 2.85 bits per heavy atom. The third kappa shape index (κ3) is 5.09. The summed E-state index contributed by atoms with van der Waals surface area (Å²) in [7, 11) is 1.66. The first-order chi connectivity index (χ1) is 12.8. The summed E-state index contributed by atoms with van der Waals surface area (Å²) < 4.78 is 15.6. The highest BCUT2D eigenvalue weighted by molar-refractivity contribution is 5.93. The third-order valence-electron chi connectivity index (χ3n) is 4.60. The first-order valence-electron chi connectivity index (χ1n) is 9.02. The van der Waals surface area contributed by atoms with Crippen LogP contribution in [0.15, 0.2) is 47.3 Å². The topological polar surface area (TPSA) is 63.9 Å². The molecule has 0 bridgehead atoms. The number of hydrogen-bond acceptors (Lipinski definition) is 5. The summed E-state index contributed by atoms with van der Waals surface area (Å²) in [6.07, 6.45) is 4.95. The number of nitrogens with one attached hydrogen (secondary N) is 1. The molecule has 3 rings (SSSR count). The van der Waals surface area contributed by atoms with Crippen LogP contribution in [0, 0.1) is 0 Å². The van der Waals surface area contributed by atoms with E-state index in [1.807, 2.05) is 17.0 Å². The van der Waals surface area contributed by atoms with Gasteiger partial charge >= 0.3 is 0 Å². The van der Waals surface area contributed by atoms with Crippen LogP contribution in [0.5, 0.6) is 5.75 Å². The minimum atomic E-state index is 0.0538. The molecule has 1 aliphatic rings. The van der Waals surface area contributed by atoms with E-state index < -0.39 is 0 Å². The van der Waals surface area contributed by atoms with Crippen molar-refractivity contribution in [2.75, 3.05) is 33.4 Å². The normalized spacial score (nSPS) is 15.2. The minimum Gasteiger partial charge on any atom is -0.491 e. The van der Waals surface area contributed by atoms with E-state index >= 15 is 0 Å². The number of likely N-dealkylation sites (tertiary alicyclic amines) is 1. The molecule has 1 fully saturated rings. The molecule has 26 heavy (non-hydrogen) atoms. The van der Waals surface area contributed by atoms with E-state index in [1.54, 1.807) is 13.2 Å². The van der Waals surface area contributed by atoms with Gasteiger partial charge in [-0.2, -0.15) is 0 Å². The molecule has 0 spiro atoms. The van der Waals surface area contributed by atoms with E-state index in [1.165, 1.54) is 18.1 Å². The number of furan rings is 1. The molecule has 2 aromatic rings. The highest BCUT2D eigenvalue weighted by atomic mass is 16.5. The molecule has 2 heterocycles. The van der Waals surface area contributed by atoms with E-state index in [-0.39, 0.29) is 5.91 Å². The van der Waals surface area contributed by atoms with Crippen LogP contribution < -0.4 is 10.1 Å². The standard InChI is InChI=1S/C20H26N2O4/c1-24-11-12-26-19-4-2-3-16(13-19)14-21-18-5-8-22(9-6-18)20(23)17-7-10-25-15-17/h2-4,7,10,13,15,18,21H,5-6,8-9,11-12,14H2,1H3. The maximum atomic E-state index is 12.3. The van der Waals surface area contributed by atoms with Gasteiger partial charge in [0, 0.05) is 32.8 Å². The molecule has 0 aliphatic carbocycles. The van der Waals surface area contributed by atoms with Crippen molar-refractivity contribution in [2.45, 2.75) is 25.4 Å². The van der Waals surface area contributed by atoms with Crippen LogP contribution >= 0.6 is 0 Å². The zero-order valence-electron chi connectivity index (χ0n) is 15.1. The average molecular weight is 358 g/mol. The number of carbonyl (C=O) groups excluding carboxylic acids is 1.